The molecule has 0 aromatic heterocycles. The van der Waals surface area contributed by atoms with Crippen molar-refractivity contribution in [3.05, 3.63) is 11.8 Å². The molecule has 3 aliphatic carbocycles. The van der Waals surface area contributed by atoms with Crippen molar-refractivity contribution in [1.29, 1.82) is 0 Å². The van der Waals surface area contributed by atoms with E-state index in [0.29, 0.717) is 23.5 Å². The maximum atomic E-state index is 10.7. The molecule has 4 heteroatoms. The lowest BCUT2D eigenvalue weighted by molar-refractivity contribution is -0.180. The number of ether oxygens (including phenoxy) is 1. The van der Waals surface area contributed by atoms with Gasteiger partial charge in [0.05, 0.1) is 18.0 Å². The third kappa shape index (κ3) is 2.96. The number of aliphatic hydroxyl groups is 2. The third-order valence-corrected chi connectivity index (χ3v) is 9.84. The van der Waals surface area contributed by atoms with Crippen LogP contribution in [0.5, 0.6) is 0 Å². The van der Waals surface area contributed by atoms with E-state index in [0.717, 1.165) is 31.6 Å². The van der Waals surface area contributed by atoms with Gasteiger partial charge in [0.25, 0.3) is 0 Å². The summed E-state index contributed by atoms with van der Waals surface area (Å²) in [6, 6.07) is 0. The topological polar surface area (TPSA) is 49.7 Å². The lowest BCUT2D eigenvalue weighted by atomic mass is 9.41. The Balaban J connectivity index is 0.00000109. The van der Waals surface area contributed by atoms with Crippen molar-refractivity contribution in [1.82, 2.24) is 0 Å². The molecule has 158 valence electrons. The first-order valence-corrected chi connectivity index (χ1v) is 11.5. The first kappa shape index (κ1) is 22.1. The highest BCUT2D eigenvalue weighted by Crippen LogP contribution is 2.68. The van der Waals surface area contributed by atoms with Crippen LogP contribution in [0.2, 0.25) is 0 Å². The number of hydrogen-bond donors (Lipinski definition) is 3. The number of aliphatic hydroxyl groups excluding tert-OH is 2. The quantitative estimate of drug-likeness (QED) is 0.446. The number of allylic oxidation sites excluding steroid dienone is 1. The van der Waals surface area contributed by atoms with E-state index in [1.54, 1.807) is 0 Å². The van der Waals surface area contributed by atoms with E-state index in [-0.39, 0.29) is 23.0 Å². The molecule has 3 nitrogen and oxygen atoms in total. The van der Waals surface area contributed by atoms with Crippen molar-refractivity contribution in [2.24, 2.45) is 34.0 Å². The summed E-state index contributed by atoms with van der Waals surface area (Å²) in [6.45, 7) is 7.88. The zero-order valence-electron chi connectivity index (χ0n) is 17.8. The molecule has 0 aromatic rings. The molecular weight excluding hydrogens is 368 g/mol. The van der Waals surface area contributed by atoms with Gasteiger partial charge in [-0.15, -0.1) is 12.8 Å². The smallest absolute Gasteiger partial charge is 0.0970 e. The number of thiol groups is 1. The van der Waals surface area contributed by atoms with Crippen molar-refractivity contribution in [2.45, 2.75) is 71.3 Å². The Morgan fingerprint density at radius 1 is 1.21 bits per heavy atom. The molecule has 0 aromatic carbocycles. The van der Waals surface area contributed by atoms with Crippen molar-refractivity contribution in [2.75, 3.05) is 19.0 Å². The van der Waals surface area contributed by atoms with Gasteiger partial charge in [0, 0.05) is 17.4 Å². The van der Waals surface area contributed by atoms with Crippen molar-refractivity contribution >= 4 is 12.6 Å². The van der Waals surface area contributed by atoms with E-state index in [9.17, 15) is 10.2 Å². The van der Waals surface area contributed by atoms with Crippen LogP contribution in [0.25, 0.3) is 0 Å². The molecule has 2 saturated carbocycles. The minimum absolute atomic E-state index is 0.0117. The first-order chi connectivity index (χ1) is 13.3. The Kier molecular flexibility index (Phi) is 5.96. The monoisotopic (exact) mass is 406 g/mol. The maximum Gasteiger partial charge on any atom is 0.0970 e. The second-order valence-electron chi connectivity index (χ2n) is 10.4. The van der Waals surface area contributed by atoms with Crippen LogP contribution in [0.15, 0.2) is 11.8 Å². The number of fused-ring (bicyclic) bond motifs is 3. The molecule has 0 amide bonds. The average molecular weight is 407 g/mol. The van der Waals surface area contributed by atoms with Gasteiger partial charge < -0.3 is 14.9 Å². The highest BCUT2D eigenvalue weighted by Gasteiger charge is 2.63. The predicted molar refractivity (Wildman–Crippen MR) is 117 cm³/mol. The Labute approximate surface area is 176 Å². The zero-order chi connectivity index (χ0) is 20.8. The SMILES string of the molecule is C#C.C[C@H]1C2CC[C@@]3(CS)C=C(O)C(C)(CO)CC3C2(C)CCC12CCCO2. The Morgan fingerprint density at radius 3 is 2.50 bits per heavy atom. The molecular formula is C24H38O3S. The maximum absolute atomic E-state index is 10.7. The van der Waals surface area contributed by atoms with Crippen LogP contribution in [-0.4, -0.2) is 34.8 Å². The summed E-state index contributed by atoms with van der Waals surface area (Å²) in [6.07, 6.45) is 18.0. The average Bonchev–Trinajstić information content (AvgIpc) is 3.19. The van der Waals surface area contributed by atoms with E-state index in [1.807, 2.05) is 6.92 Å². The molecule has 28 heavy (non-hydrogen) atoms. The summed E-state index contributed by atoms with van der Waals surface area (Å²) >= 11 is 4.76. The lowest BCUT2D eigenvalue weighted by Crippen LogP contribution is -2.61. The van der Waals surface area contributed by atoms with E-state index in [4.69, 9.17) is 17.4 Å². The largest absolute Gasteiger partial charge is 0.512 e. The summed E-state index contributed by atoms with van der Waals surface area (Å²) in [4.78, 5) is 0. The molecule has 2 N–H and O–H groups in total. The standard InChI is InChI=1S/C22H36O3S.C2H2/c1-15-16-5-7-21(14-26)12-18(24)19(2,13-23)11-17(21)20(16,3)8-9-22(15)6-4-10-25-22;1-2/h12,15-17,23-24,26H,4-11,13-14H2,1-3H3;1-2H/t15-,16?,17?,19?,20?,21-,22?;/m0./s1. The van der Waals surface area contributed by atoms with Gasteiger partial charge in [0.15, 0.2) is 0 Å². The highest BCUT2D eigenvalue weighted by atomic mass is 32.1. The van der Waals surface area contributed by atoms with E-state index < -0.39 is 5.41 Å². The fraction of sp³-hybridized carbons (Fsp3) is 0.833. The molecule has 1 aliphatic heterocycles. The summed E-state index contributed by atoms with van der Waals surface area (Å²) in [5.74, 6) is 2.86. The lowest BCUT2D eigenvalue weighted by Gasteiger charge is -2.65. The third-order valence-electron chi connectivity index (χ3n) is 9.25. The molecule has 1 spiro atoms. The highest BCUT2D eigenvalue weighted by molar-refractivity contribution is 7.80. The first-order valence-electron chi connectivity index (χ1n) is 10.9. The Morgan fingerprint density at radius 2 is 1.93 bits per heavy atom. The zero-order valence-corrected chi connectivity index (χ0v) is 18.7. The van der Waals surface area contributed by atoms with Crippen LogP contribution >= 0.6 is 12.6 Å². The second kappa shape index (κ2) is 7.56. The minimum Gasteiger partial charge on any atom is -0.512 e. The molecule has 4 rings (SSSR count). The molecule has 4 aliphatic rings. The summed E-state index contributed by atoms with van der Waals surface area (Å²) in [5.41, 5.74) is -0.207. The minimum atomic E-state index is -0.510. The summed E-state index contributed by atoms with van der Waals surface area (Å²) in [5, 5.41) is 20.7. The van der Waals surface area contributed by atoms with Gasteiger partial charge >= 0.3 is 0 Å². The molecule has 0 radical (unpaired) electrons. The van der Waals surface area contributed by atoms with Crippen LogP contribution < -0.4 is 0 Å². The number of terminal acetylenes is 1. The molecule has 1 saturated heterocycles. The molecule has 0 bridgehead atoms. The van der Waals surface area contributed by atoms with Gasteiger partial charge in [-0.05, 0) is 79.9 Å². The van der Waals surface area contributed by atoms with Gasteiger partial charge in [0.2, 0.25) is 0 Å². The van der Waals surface area contributed by atoms with E-state index in [1.165, 1.54) is 25.7 Å². The Hall–Kier alpha value is -0.630. The van der Waals surface area contributed by atoms with Crippen LogP contribution in [0, 0.1) is 46.8 Å². The van der Waals surface area contributed by atoms with Crippen LogP contribution in [0.4, 0.5) is 0 Å². The van der Waals surface area contributed by atoms with Crippen molar-refractivity contribution < 1.29 is 14.9 Å². The van der Waals surface area contributed by atoms with Gasteiger partial charge in [-0.1, -0.05) is 20.8 Å². The number of hydrogen-bond acceptors (Lipinski definition) is 4. The van der Waals surface area contributed by atoms with Gasteiger partial charge in [-0.3, -0.25) is 0 Å². The van der Waals surface area contributed by atoms with Gasteiger partial charge in [-0.2, -0.15) is 12.6 Å². The summed E-state index contributed by atoms with van der Waals surface area (Å²) in [7, 11) is 0. The Bertz CT molecular complexity index is 637. The molecule has 5 unspecified atom stereocenters. The van der Waals surface area contributed by atoms with Crippen LogP contribution in [-0.2, 0) is 4.74 Å². The number of rotatable bonds is 2. The normalized spacial score (nSPS) is 50.1. The fourth-order valence-corrected chi connectivity index (χ4v) is 7.84. The van der Waals surface area contributed by atoms with Crippen molar-refractivity contribution in [3.63, 3.8) is 0 Å². The second-order valence-corrected chi connectivity index (χ2v) is 10.7. The van der Waals surface area contributed by atoms with Crippen LogP contribution in [0.3, 0.4) is 0 Å². The summed E-state index contributed by atoms with van der Waals surface area (Å²) < 4.78 is 6.35. The predicted octanol–water partition coefficient (Wildman–Crippen LogP) is 5.01. The van der Waals surface area contributed by atoms with Crippen molar-refractivity contribution in [3.8, 4) is 12.8 Å². The van der Waals surface area contributed by atoms with Crippen LogP contribution in [0.1, 0.15) is 65.7 Å². The molecule has 3 fully saturated rings. The van der Waals surface area contributed by atoms with E-state index in [2.05, 4.69) is 32.8 Å². The molecule has 7 atom stereocenters. The molecule has 1 heterocycles. The van der Waals surface area contributed by atoms with E-state index >= 15 is 0 Å². The fourth-order valence-electron chi connectivity index (χ4n) is 7.37. The van der Waals surface area contributed by atoms with Gasteiger partial charge in [-0.25, -0.2) is 0 Å². The van der Waals surface area contributed by atoms with Gasteiger partial charge in [0.1, 0.15) is 0 Å².